The summed E-state index contributed by atoms with van der Waals surface area (Å²) >= 11 is 0. The Balaban J connectivity index is 1.60. The summed E-state index contributed by atoms with van der Waals surface area (Å²) in [6, 6.07) is 10.8. The second kappa shape index (κ2) is 7.34. The normalized spacial score (nSPS) is 15.0. The summed E-state index contributed by atoms with van der Waals surface area (Å²) in [5.74, 6) is -0.543. The molecule has 0 unspecified atom stereocenters. The van der Waals surface area contributed by atoms with Crippen molar-refractivity contribution in [2.45, 2.75) is 25.8 Å². The molecule has 1 aliphatic rings. The number of aryl methyl sites for hydroxylation is 1. The van der Waals surface area contributed by atoms with Crippen LogP contribution in [0.1, 0.15) is 39.1 Å². The first-order valence-electron chi connectivity index (χ1n) is 8.35. The zero-order valence-electron chi connectivity index (χ0n) is 14.1. The largest absolute Gasteiger partial charge is 0.478 e. The molecule has 6 nitrogen and oxygen atoms in total. The minimum atomic E-state index is -0.974. The average Bonchev–Trinajstić information content (AvgIpc) is 2.63. The van der Waals surface area contributed by atoms with E-state index in [9.17, 15) is 14.7 Å². The van der Waals surface area contributed by atoms with Crippen molar-refractivity contribution in [1.82, 2.24) is 10.3 Å². The van der Waals surface area contributed by atoms with Gasteiger partial charge in [-0.05, 0) is 44.0 Å². The predicted molar refractivity (Wildman–Crippen MR) is 95.1 cm³/mol. The third-order valence-corrected chi connectivity index (χ3v) is 4.46. The Morgan fingerprint density at radius 2 is 1.84 bits per heavy atom. The Morgan fingerprint density at radius 3 is 2.48 bits per heavy atom. The number of carbonyl (C=O) groups excluding carboxylic acids is 1. The first kappa shape index (κ1) is 17.0. The number of hydrogen-bond acceptors (Lipinski definition) is 4. The summed E-state index contributed by atoms with van der Waals surface area (Å²) in [5.41, 5.74) is 1.99. The second-order valence-corrected chi connectivity index (χ2v) is 6.28. The molecule has 6 heteroatoms. The van der Waals surface area contributed by atoms with Crippen molar-refractivity contribution in [3.63, 3.8) is 0 Å². The summed E-state index contributed by atoms with van der Waals surface area (Å²) in [4.78, 5) is 29.8. The van der Waals surface area contributed by atoms with Gasteiger partial charge in [0.25, 0.3) is 5.91 Å². The number of anilines is 1. The van der Waals surface area contributed by atoms with Gasteiger partial charge in [-0.25, -0.2) is 9.78 Å². The van der Waals surface area contributed by atoms with Crippen LogP contribution < -0.4 is 10.2 Å². The Bertz CT molecular complexity index is 766. The standard InChI is InChI=1S/C19H21N3O3/c1-13-4-6-14(7-5-13)18(23)21-15-8-11-22(12-9-15)17-16(19(24)25)3-2-10-20-17/h2-7,10,15H,8-9,11-12H2,1H3,(H,21,23)(H,24,25). The van der Waals surface area contributed by atoms with E-state index in [1.165, 1.54) is 0 Å². The molecule has 2 N–H and O–H groups in total. The van der Waals surface area contributed by atoms with Gasteiger partial charge in [-0.1, -0.05) is 17.7 Å². The number of hydrogen-bond donors (Lipinski definition) is 2. The van der Waals surface area contributed by atoms with E-state index < -0.39 is 5.97 Å². The first-order chi connectivity index (χ1) is 12.0. The summed E-state index contributed by atoms with van der Waals surface area (Å²) in [7, 11) is 0. The van der Waals surface area contributed by atoms with E-state index in [0.717, 1.165) is 18.4 Å². The van der Waals surface area contributed by atoms with Crippen LogP contribution in [0.5, 0.6) is 0 Å². The number of rotatable bonds is 4. The lowest BCUT2D eigenvalue weighted by Gasteiger charge is -2.33. The number of aromatic nitrogens is 1. The Labute approximate surface area is 146 Å². The molecule has 0 aliphatic carbocycles. The van der Waals surface area contributed by atoms with E-state index in [4.69, 9.17) is 0 Å². The molecule has 0 radical (unpaired) electrons. The van der Waals surface area contributed by atoms with Crippen LogP contribution in [0.2, 0.25) is 0 Å². The lowest BCUT2D eigenvalue weighted by atomic mass is 10.0. The number of nitrogens with one attached hydrogen (secondary N) is 1. The molecule has 0 saturated carbocycles. The summed E-state index contributed by atoms with van der Waals surface area (Å²) in [6.07, 6.45) is 3.12. The number of aromatic carboxylic acids is 1. The maximum Gasteiger partial charge on any atom is 0.339 e. The fourth-order valence-corrected chi connectivity index (χ4v) is 3.03. The van der Waals surface area contributed by atoms with Crippen molar-refractivity contribution < 1.29 is 14.7 Å². The third-order valence-electron chi connectivity index (χ3n) is 4.46. The van der Waals surface area contributed by atoms with E-state index in [-0.39, 0.29) is 17.5 Å². The second-order valence-electron chi connectivity index (χ2n) is 6.28. The van der Waals surface area contributed by atoms with Crippen LogP contribution in [-0.2, 0) is 0 Å². The average molecular weight is 339 g/mol. The smallest absolute Gasteiger partial charge is 0.339 e. The number of nitrogens with zero attached hydrogens (tertiary/aromatic N) is 2. The van der Waals surface area contributed by atoms with Crippen LogP contribution in [0.25, 0.3) is 0 Å². The van der Waals surface area contributed by atoms with Gasteiger partial charge in [-0.2, -0.15) is 0 Å². The Kier molecular flexibility index (Phi) is 4.97. The lowest BCUT2D eigenvalue weighted by Crippen LogP contribution is -2.45. The molecule has 1 amide bonds. The quantitative estimate of drug-likeness (QED) is 0.894. The van der Waals surface area contributed by atoms with E-state index in [0.29, 0.717) is 24.5 Å². The van der Waals surface area contributed by atoms with Gasteiger partial charge < -0.3 is 15.3 Å². The van der Waals surface area contributed by atoms with Gasteiger partial charge in [0, 0.05) is 30.9 Å². The van der Waals surface area contributed by atoms with Gasteiger partial charge in [0.15, 0.2) is 0 Å². The molecule has 0 atom stereocenters. The molecule has 130 valence electrons. The molecular weight excluding hydrogens is 318 g/mol. The van der Waals surface area contributed by atoms with Crippen molar-refractivity contribution in [3.8, 4) is 0 Å². The van der Waals surface area contributed by atoms with Crippen molar-refractivity contribution in [2.24, 2.45) is 0 Å². The highest BCUT2D eigenvalue weighted by Crippen LogP contribution is 2.22. The van der Waals surface area contributed by atoms with Gasteiger partial charge in [0.2, 0.25) is 0 Å². The number of piperidine rings is 1. The summed E-state index contributed by atoms with van der Waals surface area (Å²) in [6.45, 7) is 3.31. The highest BCUT2D eigenvalue weighted by Gasteiger charge is 2.24. The molecule has 3 rings (SSSR count). The molecule has 2 heterocycles. The minimum absolute atomic E-state index is 0.0671. The van der Waals surface area contributed by atoms with E-state index >= 15 is 0 Å². The van der Waals surface area contributed by atoms with Crippen LogP contribution in [0.15, 0.2) is 42.6 Å². The number of benzene rings is 1. The topological polar surface area (TPSA) is 82.5 Å². The fourth-order valence-electron chi connectivity index (χ4n) is 3.03. The number of pyridine rings is 1. The number of carboxylic acids is 1. The maximum atomic E-state index is 12.3. The molecule has 1 aromatic heterocycles. The highest BCUT2D eigenvalue weighted by atomic mass is 16.4. The number of amides is 1. The van der Waals surface area contributed by atoms with Crippen molar-refractivity contribution in [1.29, 1.82) is 0 Å². The number of carbonyl (C=O) groups is 2. The Morgan fingerprint density at radius 1 is 1.16 bits per heavy atom. The van der Waals surface area contributed by atoms with Crippen molar-refractivity contribution in [3.05, 3.63) is 59.3 Å². The monoisotopic (exact) mass is 339 g/mol. The van der Waals surface area contributed by atoms with E-state index in [2.05, 4.69) is 10.3 Å². The van der Waals surface area contributed by atoms with E-state index in [1.807, 2.05) is 36.1 Å². The molecule has 0 spiro atoms. The lowest BCUT2D eigenvalue weighted by molar-refractivity contribution is 0.0697. The SMILES string of the molecule is Cc1ccc(C(=O)NC2CCN(c3ncccc3C(=O)O)CC2)cc1. The minimum Gasteiger partial charge on any atom is -0.478 e. The molecule has 0 bridgehead atoms. The van der Waals surface area contributed by atoms with Crippen molar-refractivity contribution in [2.75, 3.05) is 18.0 Å². The van der Waals surface area contributed by atoms with Gasteiger partial charge >= 0.3 is 5.97 Å². The summed E-state index contributed by atoms with van der Waals surface area (Å²) in [5, 5.41) is 12.4. The van der Waals surface area contributed by atoms with Gasteiger partial charge in [0.05, 0.1) is 0 Å². The van der Waals surface area contributed by atoms with Crippen LogP contribution in [0.3, 0.4) is 0 Å². The first-order valence-corrected chi connectivity index (χ1v) is 8.35. The van der Waals surface area contributed by atoms with Gasteiger partial charge in [-0.3, -0.25) is 4.79 Å². The molecule has 1 saturated heterocycles. The third kappa shape index (κ3) is 3.96. The van der Waals surface area contributed by atoms with Crippen molar-refractivity contribution >= 4 is 17.7 Å². The van der Waals surface area contributed by atoms with Crippen LogP contribution in [-0.4, -0.2) is 41.1 Å². The zero-order chi connectivity index (χ0) is 17.8. The molecular formula is C19H21N3O3. The Hall–Kier alpha value is -2.89. The van der Waals surface area contributed by atoms with Gasteiger partial charge in [-0.15, -0.1) is 0 Å². The fraction of sp³-hybridized carbons (Fsp3) is 0.316. The molecule has 1 aromatic carbocycles. The number of carboxylic acid groups (broad SMARTS) is 1. The highest BCUT2D eigenvalue weighted by molar-refractivity contribution is 5.94. The van der Waals surface area contributed by atoms with Crippen LogP contribution in [0.4, 0.5) is 5.82 Å². The molecule has 2 aromatic rings. The van der Waals surface area contributed by atoms with E-state index in [1.54, 1.807) is 18.3 Å². The van der Waals surface area contributed by atoms with Gasteiger partial charge in [0.1, 0.15) is 11.4 Å². The predicted octanol–water partition coefficient (Wildman–Crippen LogP) is 2.49. The van der Waals surface area contributed by atoms with Crippen LogP contribution >= 0.6 is 0 Å². The molecule has 25 heavy (non-hydrogen) atoms. The molecule has 1 fully saturated rings. The van der Waals surface area contributed by atoms with Crippen LogP contribution in [0, 0.1) is 6.92 Å². The maximum absolute atomic E-state index is 12.3. The summed E-state index contributed by atoms with van der Waals surface area (Å²) < 4.78 is 0. The zero-order valence-corrected chi connectivity index (χ0v) is 14.1. The molecule has 1 aliphatic heterocycles.